The van der Waals surface area contributed by atoms with E-state index in [1.54, 1.807) is 28.7 Å². The summed E-state index contributed by atoms with van der Waals surface area (Å²) < 4.78 is 83.8. The van der Waals surface area contributed by atoms with Gasteiger partial charge in [-0.05, 0) is 36.4 Å². The van der Waals surface area contributed by atoms with Crippen LogP contribution in [0.2, 0.25) is 0 Å². The van der Waals surface area contributed by atoms with Crippen LogP contribution in [0, 0.1) is 0 Å². The fraction of sp³-hybridized carbons (Fsp3) is 0.250. The zero-order valence-corrected chi connectivity index (χ0v) is 18.3. The Morgan fingerprint density at radius 1 is 0.969 bits per heavy atom. The van der Waals surface area contributed by atoms with E-state index in [1.807, 2.05) is 0 Å². The van der Waals surface area contributed by atoms with Gasteiger partial charge in [-0.1, -0.05) is 6.92 Å². The Hall–Kier alpha value is -2.86. The largest absolute Gasteiger partial charge is 0.431 e. The van der Waals surface area contributed by atoms with E-state index in [4.69, 9.17) is 0 Å². The van der Waals surface area contributed by atoms with Gasteiger partial charge in [0.1, 0.15) is 0 Å². The zero-order valence-electron chi connectivity index (χ0n) is 16.6. The van der Waals surface area contributed by atoms with Crippen molar-refractivity contribution in [3.8, 4) is 11.5 Å². The monoisotopic (exact) mass is 490 g/mol. The maximum absolute atomic E-state index is 12.8. The van der Waals surface area contributed by atoms with Gasteiger partial charge in [0, 0.05) is 28.5 Å². The maximum atomic E-state index is 12.8. The smallest absolute Gasteiger partial charge is 0.387 e. The molecule has 0 aliphatic rings. The number of ether oxygens (including phenoxy) is 2. The molecule has 0 amide bonds. The van der Waals surface area contributed by atoms with Crippen LogP contribution in [0.25, 0.3) is 0 Å². The molecule has 12 heteroatoms. The van der Waals surface area contributed by atoms with Crippen LogP contribution in [0.1, 0.15) is 11.8 Å². The highest BCUT2D eigenvalue weighted by atomic mass is 32.2. The summed E-state index contributed by atoms with van der Waals surface area (Å²) in [5.74, 6) is -1.15. The highest BCUT2D eigenvalue weighted by molar-refractivity contribution is 7.91. The Labute approximate surface area is 186 Å². The van der Waals surface area contributed by atoms with Crippen LogP contribution in [0.5, 0.6) is 11.5 Å². The van der Waals surface area contributed by atoms with Gasteiger partial charge in [-0.2, -0.15) is 17.6 Å². The molecular formula is C20H18F4N2O4S2. The number of benzene rings is 2. The van der Waals surface area contributed by atoms with Crippen LogP contribution >= 0.6 is 11.3 Å². The molecule has 1 heterocycles. The van der Waals surface area contributed by atoms with Crippen LogP contribution in [0.15, 0.2) is 59.1 Å². The molecule has 0 aliphatic heterocycles. The second-order valence-electron chi connectivity index (χ2n) is 6.34. The Kier molecular flexibility index (Phi) is 7.56. The van der Waals surface area contributed by atoms with Crippen LogP contribution in [-0.4, -0.2) is 32.4 Å². The van der Waals surface area contributed by atoms with Crippen LogP contribution in [0.4, 0.5) is 28.9 Å². The minimum Gasteiger partial charge on any atom is -0.431 e. The number of rotatable bonds is 10. The lowest BCUT2D eigenvalue weighted by atomic mass is 10.2. The normalized spacial score (nSPS) is 11.7. The highest BCUT2D eigenvalue weighted by Gasteiger charge is 2.20. The van der Waals surface area contributed by atoms with Crippen LogP contribution in [0.3, 0.4) is 0 Å². The second-order valence-corrected chi connectivity index (χ2v) is 9.59. The summed E-state index contributed by atoms with van der Waals surface area (Å²) in [6.07, 6.45) is 1.62. The zero-order chi connectivity index (χ0) is 23.3. The molecule has 0 radical (unpaired) electrons. The number of halogens is 4. The Bertz CT molecular complexity index is 1130. The number of alkyl halides is 4. The van der Waals surface area contributed by atoms with Crippen molar-refractivity contribution in [2.45, 2.75) is 31.6 Å². The summed E-state index contributed by atoms with van der Waals surface area (Å²) in [5.41, 5.74) is 2.50. The predicted octanol–water partition coefficient (Wildman–Crippen LogP) is 5.48. The molecular weight excluding hydrogens is 472 g/mol. The number of thiazole rings is 1. The van der Waals surface area contributed by atoms with Crippen molar-refractivity contribution in [3.05, 3.63) is 59.0 Å². The van der Waals surface area contributed by atoms with Crippen molar-refractivity contribution in [3.63, 3.8) is 0 Å². The molecule has 0 bridgehead atoms. The van der Waals surface area contributed by atoms with Crippen LogP contribution < -0.4 is 14.4 Å². The summed E-state index contributed by atoms with van der Waals surface area (Å²) in [4.78, 5) is 6.65. The summed E-state index contributed by atoms with van der Waals surface area (Å²) >= 11 is 1.35. The molecule has 0 aliphatic carbocycles. The van der Waals surface area contributed by atoms with E-state index in [1.165, 1.54) is 36.5 Å². The minimum atomic E-state index is -3.41. The molecule has 172 valence electrons. The molecule has 0 fully saturated rings. The summed E-state index contributed by atoms with van der Waals surface area (Å²) in [6, 6.07) is 9.70. The topological polar surface area (TPSA) is 68.7 Å². The summed E-state index contributed by atoms with van der Waals surface area (Å²) in [7, 11) is -3.41. The molecule has 0 spiro atoms. The summed E-state index contributed by atoms with van der Waals surface area (Å²) in [5, 5.41) is 0. The third-order valence-corrected chi connectivity index (χ3v) is 6.87. The fourth-order valence-electron chi connectivity index (χ4n) is 2.85. The number of anilines is 2. The molecule has 3 aromatic rings. The van der Waals surface area contributed by atoms with Crippen LogP contribution in [-0.2, 0) is 16.4 Å². The van der Waals surface area contributed by atoms with E-state index in [9.17, 15) is 26.0 Å². The first-order chi connectivity index (χ1) is 15.2. The molecule has 32 heavy (non-hydrogen) atoms. The number of nitrogens with zero attached hydrogens (tertiary/aromatic N) is 2. The second kappa shape index (κ2) is 10.2. The first kappa shape index (κ1) is 23.8. The third-order valence-electron chi connectivity index (χ3n) is 4.36. The lowest BCUT2D eigenvalue weighted by Gasteiger charge is -2.26. The van der Waals surface area contributed by atoms with Crippen molar-refractivity contribution < 1.29 is 35.5 Å². The first-order valence-electron chi connectivity index (χ1n) is 9.21. The minimum absolute atomic E-state index is 0.0587. The van der Waals surface area contributed by atoms with Gasteiger partial charge in [-0.15, -0.1) is 11.3 Å². The van der Waals surface area contributed by atoms with Gasteiger partial charge >= 0.3 is 13.2 Å². The highest BCUT2D eigenvalue weighted by Crippen LogP contribution is 2.37. The molecule has 6 nitrogen and oxygen atoms in total. The molecule has 0 N–H and O–H groups in total. The van der Waals surface area contributed by atoms with Gasteiger partial charge < -0.3 is 14.4 Å². The number of aromatic nitrogens is 1. The lowest BCUT2D eigenvalue weighted by Crippen LogP contribution is -2.17. The summed E-state index contributed by atoms with van der Waals surface area (Å²) in [6.45, 7) is -4.68. The van der Waals surface area contributed by atoms with Gasteiger partial charge in [0.05, 0.1) is 22.7 Å². The molecule has 0 saturated carbocycles. The van der Waals surface area contributed by atoms with Crippen molar-refractivity contribution in [2.75, 3.05) is 10.7 Å². The van der Waals surface area contributed by atoms with Crippen molar-refractivity contribution in [1.82, 2.24) is 4.98 Å². The average molecular weight is 491 g/mol. The average Bonchev–Trinajstić information content (AvgIpc) is 3.26. The van der Waals surface area contributed by atoms with Gasteiger partial charge in [0.25, 0.3) is 0 Å². The standard InChI is InChI=1S/C20H18F4N2O4S2/c1-2-32(27,28)16-6-3-13(4-7-16)26(11-15-10-25-12-31-15)14-5-8-17(29-19(21)22)18(9-14)30-20(23)24/h3-10,12,19-20H,2,11H2,1H3. The predicted molar refractivity (Wildman–Crippen MR) is 112 cm³/mol. The van der Waals surface area contributed by atoms with Gasteiger partial charge in [-0.25, -0.2) is 8.42 Å². The molecule has 1 aromatic heterocycles. The third kappa shape index (κ3) is 5.88. The quantitative estimate of drug-likeness (QED) is 0.351. The lowest BCUT2D eigenvalue weighted by molar-refractivity contribution is -0.0692. The van der Waals surface area contributed by atoms with E-state index < -0.39 is 34.6 Å². The Balaban J connectivity index is 2.04. The van der Waals surface area contributed by atoms with Crippen molar-refractivity contribution in [1.29, 1.82) is 0 Å². The molecule has 0 saturated heterocycles. The molecule has 2 aromatic carbocycles. The van der Waals surface area contributed by atoms with Crippen molar-refractivity contribution in [2.24, 2.45) is 0 Å². The Morgan fingerprint density at radius 2 is 1.59 bits per heavy atom. The maximum Gasteiger partial charge on any atom is 0.387 e. The van der Waals surface area contributed by atoms with E-state index in [2.05, 4.69) is 14.5 Å². The molecule has 3 rings (SSSR count). The SMILES string of the molecule is CCS(=O)(=O)c1ccc(N(Cc2cncs2)c2ccc(OC(F)F)c(OC(F)F)c2)cc1. The van der Waals surface area contributed by atoms with E-state index in [0.29, 0.717) is 11.4 Å². The van der Waals surface area contributed by atoms with Crippen molar-refractivity contribution >= 4 is 32.5 Å². The number of hydrogen-bond donors (Lipinski definition) is 0. The fourth-order valence-corrected chi connectivity index (χ4v) is 4.32. The van der Waals surface area contributed by atoms with Gasteiger partial charge in [0.15, 0.2) is 21.3 Å². The van der Waals surface area contributed by atoms with Gasteiger partial charge in [0.2, 0.25) is 0 Å². The van der Waals surface area contributed by atoms with Gasteiger partial charge in [-0.3, -0.25) is 4.98 Å². The first-order valence-corrected chi connectivity index (χ1v) is 11.7. The number of sulfone groups is 1. The molecule has 0 atom stereocenters. The molecule has 0 unspecified atom stereocenters. The van der Waals surface area contributed by atoms with E-state index in [0.717, 1.165) is 17.0 Å². The Morgan fingerprint density at radius 3 is 2.16 bits per heavy atom. The van der Waals surface area contributed by atoms with E-state index >= 15 is 0 Å². The van der Waals surface area contributed by atoms with E-state index in [-0.39, 0.29) is 17.2 Å². The number of hydrogen-bond acceptors (Lipinski definition) is 7.